The van der Waals surface area contributed by atoms with Gasteiger partial charge in [-0.15, -0.1) is 11.3 Å². The lowest BCUT2D eigenvalue weighted by atomic mass is 10.2. The average molecular weight is 443 g/mol. The second-order valence-electron chi connectivity index (χ2n) is 7.90. The van der Waals surface area contributed by atoms with E-state index >= 15 is 0 Å². The van der Waals surface area contributed by atoms with Crippen LogP contribution in [0, 0.1) is 0 Å². The van der Waals surface area contributed by atoms with E-state index in [2.05, 4.69) is 69.0 Å². The van der Waals surface area contributed by atoms with Crippen LogP contribution in [0.3, 0.4) is 0 Å². The number of benzene rings is 1. The van der Waals surface area contributed by atoms with Crippen molar-refractivity contribution in [3.05, 3.63) is 46.4 Å². The number of nitrogens with zero attached hydrogens (tertiary/aromatic N) is 4. The second kappa shape index (κ2) is 11.7. The molecule has 1 saturated heterocycles. The first-order chi connectivity index (χ1) is 15.1. The largest absolute Gasteiger partial charge is 0.368 e. The summed E-state index contributed by atoms with van der Waals surface area (Å²) in [6.45, 7) is 11.5. The summed E-state index contributed by atoms with van der Waals surface area (Å²) in [6, 6.07) is 10.4. The minimum atomic E-state index is 0.192. The number of para-hydroxylation sites is 1. The molecule has 0 spiro atoms. The number of guanidine groups is 1. The van der Waals surface area contributed by atoms with Crippen LogP contribution < -0.4 is 15.5 Å². The molecule has 2 aromatic rings. The molecule has 0 radical (unpaired) electrons. The molecule has 1 aliphatic heterocycles. The molecule has 1 aromatic heterocycles. The highest BCUT2D eigenvalue weighted by Gasteiger charge is 2.20. The monoisotopic (exact) mass is 442 g/mol. The summed E-state index contributed by atoms with van der Waals surface area (Å²) in [7, 11) is 0. The quantitative estimate of drug-likeness (QED) is 0.486. The van der Waals surface area contributed by atoms with Gasteiger partial charge in [0.2, 0.25) is 5.91 Å². The number of hydrogen-bond donors (Lipinski definition) is 2. The summed E-state index contributed by atoms with van der Waals surface area (Å²) in [4.78, 5) is 26.2. The molecule has 0 atom stereocenters. The van der Waals surface area contributed by atoms with Crippen LogP contribution in [-0.2, 0) is 11.3 Å². The van der Waals surface area contributed by atoms with E-state index in [0.717, 1.165) is 49.4 Å². The lowest BCUT2D eigenvalue weighted by Gasteiger charge is -2.36. The minimum Gasteiger partial charge on any atom is -0.368 e. The van der Waals surface area contributed by atoms with Gasteiger partial charge in [0.1, 0.15) is 5.01 Å². The van der Waals surface area contributed by atoms with Gasteiger partial charge in [-0.2, -0.15) is 0 Å². The van der Waals surface area contributed by atoms with Crippen molar-refractivity contribution in [2.24, 2.45) is 4.99 Å². The standard InChI is InChI=1S/C23H34N6OS/c1-4-24-23(26-16-21-27-20(17-31-21)18(2)3)25-11-10-22(30)29-14-12-28(13-15-29)19-8-6-5-7-9-19/h5-9,17-18H,4,10-16H2,1-3H3,(H2,24,25,26). The zero-order valence-electron chi connectivity index (χ0n) is 18.8. The van der Waals surface area contributed by atoms with Crippen molar-refractivity contribution in [1.29, 1.82) is 0 Å². The molecule has 1 amide bonds. The van der Waals surface area contributed by atoms with Crippen LogP contribution in [0.15, 0.2) is 40.7 Å². The number of nitrogens with one attached hydrogen (secondary N) is 2. The number of rotatable bonds is 8. The number of aromatic nitrogens is 1. The van der Waals surface area contributed by atoms with E-state index in [9.17, 15) is 4.79 Å². The van der Waals surface area contributed by atoms with Gasteiger partial charge in [-0.05, 0) is 25.0 Å². The van der Waals surface area contributed by atoms with E-state index in [0.29, 0.717) is 25.4 Å². The van der Waals surface area contributed by atoms with Crippen LogP contribution in [0.25, 0.3) is 0 Å². The number of hydrogen-bond acceptors (Lipinski definition) is 5. The molecule has 1 aliphatic rings. The predicted octanol–water partition coefficient (Wildman–Crippen LogP) is 3.06. The Hall–Kier alpha value is -2.61. The molecule has 7 nitrogen and oxygen atoms in total. The lowest BCUT2D eigenvalue weighted by Crippen LogP contribution is -2.49. The summed E-state index contributed by atoms with van der Waals surface area (Å²) < 4.78 is 0. The zero-order chi connectivity index (χ0) is 22.1. The van der Waals surface area contributed by atoms with Gasteiger partial charge < -0.3 is 20.4 Å². The second-order valence-corrected chi connectivity index (χ2v) is 8.84. The van der Waals surface area contributed by atoms with Crippen molar-refractivity contribution >= 4 is 28.9 Å². The molecule has 1 fully saturated rings. The van der Waals surface area contributed by atoms with Crippen LogP contribution in [0.4, 0.5) is 5.69 Å². The van der Waals surface area contributed by atoms with Crippen LogP contribution in [-0.4, -0.2) is 61.0 Å². The molecular weight excluding hydrogens is 408 g/mol. The minimum absolute atomic E-state index is 0.192. The highest BCUT2D eigenvalue weighted by Crippen LogP contribution is 2.18. The maximum Gasteiger partial charge on any atom is 0.224 e. The van der Waals surface area contributed by atoms with Gasteiger partial charge in [0.15, 0.2) is 5.96 Å². The Balaban J connectivity index is 1.42. The number of thiazole rings is 1. The smallest absolute Gasteiger partial charge is 0.224 e. The molecular formula is C23H34N6OS. The Labute approximate surface area is 189 Å². The van der Waals surface area contributed by atoms with E-state index in [1.54, 1.807) is 11.3 Å². The Bertz CT molecular complexity index is 843. The Morgan fingerprint density at radius 3 is 2.55 bits per heavy atom. The number of carbonyl (C=O) groups is 1. The van der Waals surface area contributed by atoms with E-state index in [-0.39, 0.29) is 5.91 Å². The molecule has 2 heterocycles. The fraction of sp³-hybridized carbons (Fsp3) is 0.522. The highest BCUT2D eigenvalue weighted by atomic mass is 32.1. The summed E-state index contributed by atoms with van der Waals surface area (Å²) in [5.41, 5.74) is 2.34. The molecule has 8 heteroatoms. The first-order valence-electron chi connectivity index (χ1n) is 11.1. The first kappa shape index (κ1) is 23.1. The van der Waals surface area contributed by atoms with Gasteiger partial charge in [0, 0.05) is 56.8 Å². The predicted molar refractivity (Wildman–Crippen MR) is 129 cm³/mol. The summed E-state index contributed by atoms with van der Waals surface area (Å²) >= 11 is 1.65. The normalized spacial score (nSPS) is 14.8. The van der Waals surface area contributed by atoms with Gasteiger partial charge >= 0.3 is 0 Å². The van der Waals surface area contributed by atoms with E-state index in [1.807, 2.05) is 17.9 Å². The molecule has 0 unspecified atom stereocenters. The highest BCUT2D eigenvalue weighted by molar-refractivity contribution is 7.09. The third-order valence-electron chi connectivity index (χ3n) is 5.26. The number of aliphatic imine (C=N–C) groups is 1. The molecule has 2 N–H and O–H groups in total. The number of piperazine rings is 1. The van der Waals surface area contributed by atoms with Crippen LogP contribution in [0.5, 0.6) is 0 Å². The number of carbonyl (C=O) groups excluding carboxylic acids is 1. The van der Waals surface area contributed by atoms with Gasteiger partial charge in [0.05, 0.1) is 12.2 Å². The maximum atomic E-state index is 12.6. The van der Waals surface area contributed by atoms with Gasteiger partial charge in [-0.3, -0.25) is 4.79 Å². The average Bonchev–Trinajstić information content (AvgIpc) is 3.27. The van der Waals surface area contributed by atoms with Crippen molar-refractivity contribution in [2.75, 3.05) is 44.2 Å². The molecule has 31 heavy (non-hydrogen) atoms. The Morgan fingerprint density at radius 1 is 1.16 bits per heavy atom. The number of amides is 1. The van der Waals surface area contributed by atoms with Crippen molar-refractivity contribution in [2.45, 2.75) is 39.7 Å². The molecule has 1 aromatic carbocycles. The van der Waals surface area contributed by atoms with Crippen molar-refractivity contribution in [3.63, 3.8) is 0 Å². The van der Waals surface area contributed by atoms with Gasteiger partial charge in [0.25, 0.3) is 0 Å². The zero-order valence-corrected chi connectivity index (χ0v) is 19.6. The van der Waals surface area contributed by atoms with Crippen LogP contribution >= 0.6 is 11.3 Å². The summed E-state index contributed by atoms with van der Waals surface area (Å²) in [6.07, 6.45) is 0.463. The van der Waals surface area contributed by atoms with Crippen molar-refractivity contribution < 1.29 is 4.79 Å². The molecule has 168 valence electrons. The molecule has 0 aliphatic carbocycles. The third-order valence-corrected chi connectivity index (χ3v) is 6.11. The van der Waals surface area contributed by atoms with Crippen molar-refractivity contribution in [3.8, 4) is 0 Å². The fourth-order valence-electron chi connectivity index (χ4n) is 3.45. The molecule has 0 saturated carbocycles. The topological polar surface area (TPSA) is 72.9 Å². The Kier molecular flexibility index (Phi) is 8.70. The Morgan fingerprint density at radius 2 is 1.90 bits per heavy atom. The lowest BCUT2D eigenvalue weighted by molar-refractivity contribution is -0.131. The third kappa shape index (κ3) is 6.95. The van der Waals surface area contributed by atoms with Gasteiger partial charge in [-0.1, -0.05) is 32.0 Å². The number of anilines is 1. The maximum absolute atomic E-state index is 12.6. The van der Waals surface area contributed by atoms with Crippen LogP contribution in [0.1, 0.15) is 43.8 Å². The van der Waals surface area contributed by atoms with Crippen LogP contribution in [0.2, 0.25) is 0 Å². The van der Waals surface area contributed by atoms with E-state index < -0.39 is 0 Å². The van der Waals surface area contributed by atoms with E-state index in [1.165, 1.54) is 5.69 Å². The van der Waals surface area contributed by atoms with E-state index in [4.69, 9.17) is 0 Å². The van der Waals surface area contributed by atoms with Crippen molar-refractivity contribution in [1.82, 2.24) is 20.5 Å². The fourth-order valence-corrected chi connectivity index (χ4v) is 4.33. The SMILES string of the molecule is CCNC(=NCc1nc(C(C)C)cs1)NCCC(=O)N1CCN(c2ccccc2)CC1. The van der Waals surface area contributed by atoms with Gasteiger partial charge in [-0.25, -0.2) is 9.98 Å². The molecule has 3 rings (SSSR count). The first-order valence-corrected chi connectivity index (χ1v) is 12.0. The summed E-state index contributed by atoms with van der Waals surface area (Å²) in [5, 5.41) is 9.64. The summed E-state index contributed by atoms with van der Waals surface area (Å²) in [5.74, 6) is 1.35. The molecule has 0 bridgehead atoms.